The van der Waals surface area contributed by atoms with Gasteiger partial charge in [0, 0.05) is 37.3 Å². The molecule has 2 amide bonds. The molecule has 2 aliphatic rings. The Labute approximate surface area is 291 Å². The van der Waals surface area contributed by atoms with Gasteiger partial charge in [-0.1, -0.05) is 30.3 Å². The Morgan fingerprint density at radius 3 is 1.81 bits per heavy atom. The number of carbonyl (C=O) groups is 2. The maximum Gasteiger partial charge on any atom is 0.430 e. The van der Waals surface area contributed by atoms with Crippen molar-refractivity contribution >= 4 is 21.8 Å². The number of alkyl halides is 6. The van der Waals surface area contributed by atoms with Gasteiger partial charge in [-0.2, -0.15) is 26.3 Å². The summed E-state index contributed by atoms with van der Waals surface area (Å²) in [5.74, 6) is -4.77. The van der Waals surface area contributed by atoms with E-state index < -0.39 is 96.6 Å². The lowest BCUT2D eigenvalue weighted by Crippen LogP contribution is -2.56. The van der Waals surface area contributed by atoms with Crippen molar-refractivity contribution in [3.05, 3.63) is 101 Å². The fourth-order valence-corrected chi connectivity index (χ4v) is 8.67. The second-order valence-corrected chi connectivity index (χ2v) is 15.3. The summed E-state index contributed by atoms with van der Waals surface area (Å²) in [6.07, 6.45) is -12.7. The van der Waals surface area contributed by atoms with Crippen LogP contribution in [0.1, 0.15) is 42.9 Å². The number of carbonyl (C=O) groups excluding carboxylic acids is 1. The van der Waals surface area contributed by atoms with E-state index in [1.54, 1.807) is 0 Å². The average molecular weight is 767 g/mol. The molecule has 8 nitrogen and oxygen atoms in total. The summed E-state index contributed by atoms with van der Waals surface area (Å²) in [7, 11) is -4.67. The fraction of sp³-hybridized carbons (Fsp3) is 0.412. The molecule has 18 heteroatoms. The molecule has 0 unspecified atom stereocenters. The van der Waals surface area contributed by atoms with Crippen molar-refractivity contribution in [2.24, 2.45) is 5.41 Å². The molecule has 2 heterocycles. The smallest absolute Gasteiger partial charge is 0.430 e. The minimum absolute atomic E-state index is 0.0122. The molecule has 0 spiro atoms. The number of urea groups is 1. The topological polar surface area (TPSA) is 104 Å². The zero-order valence-electron chi connectivity index (χ0n) is 27.2. The number of benzene rings is 3. The van der Waals surface area contributed by atoms with Crippen LogP contribution in [0.2, 0.25) is 0 Å². The van der Waals surface area contributed by atoms with E-state index in [1.807, 2.05) is 0 Å². The van der Waals surface area contributed by atoms with E-state index in [-0.39, 0.29) is 44.5 Å². The van der Waals surface area contributed by atoms with E-state index in [0.29, 0.717) is 36.4 Å². The van der Waals surface area contributed by atoms with Gasteiger partial charge in [-0.25, -0.2) is 26.4 Å². The first kappa shape index (κ1) is 38.9. The quantitative estimate of drug-likeness (QED) is 0.191. The van der Waals surface area contributed by atoms with Gasteiger partial charge in [-0.15, -0.1) is 0 Å². The van der Waals surface area contributed by atoms with Gasteiger partial charge in [0.1, 0.15) is 22.2 Å². The summed E-state index contributed by atoms with van der Waals surface area (Å²) in [6, 6.07) is 7.07. The van der Waals surface area contributed by atoms with Crippen LogP contribution >= 0.6 is 0 Å². The van der Waals surface area contributed by atoms with Crippen molar-refractivity contribution in [3.63, 3.8) is 0 Å². The molecule has 52 heavy (non-hydrogen) atoms. The van der Waals surface area contributed by atoms with E-state index in [0.717, 1.165) is 35.2 Å². The summed E-state index contributed by atoms with van der Waals surface area (Å²) >= 11 is 0. The second-order valence-electron chi connectivity index (χ2n) is 13.0. The van der Waals surface area contributed by atoms with Gasteiger partial charge < -0.3 is 19.6 Å². The number of likely N-dealkylation sites (tertiary alicyclic amines) is 2. The molecular weight excluding hydrogens is 735 g/mol. The molecule has 0 bridgehead atoms. The van der Waals surface area contributed by atoms with Crippen LogP contribution in [0.4, 0.5) is 44.3 Å². The number of hydrogen-bond acceptors (Lipinski definition) is 5. The van der Waals surface area contributed by atoms with Crippen LogP contribution in [-0.2, 0) is 36.3 Å². The van der Waals surface area contributed by atoms with Crippen molar-refractivity contribution in [3.8, 4) is 0 Å². The number of sulfone groups is 1. The van der Waals surface area contributed by atoms with Crippen molar-refractivity contribution in [2.75, 3.05) is 26.2 Å². The van der Waals surface area contributed by atoms with Crippen molar-refractivity contribution in [1.82, 2.24) is 9.80 Å². The Balaban J connectivity index is 1.56. The highest BCUT2D eigenvalue weighted by Crippen LogP contribution is 2.54. The van der Waals surface area contributed by atoms with Crippen LogP contribution in [0.5, 0.6) is 0 Å². The van der Waals surface area contributed by atoms with Crippen LogP contribution in [0, 0.1) is 22.9 Å². The molecule has 2 fully saturated rings. The summed E-state index contributed by atoms with van der Waals surface area (Å²) < 4.78 is 160. The number of piperidine rings is 1. The lowest BCUT2D eigenvalue weighted by atomic mass is 9.80. The van der Waals surface area contributed by atoms with Crippen LogP contribution in [-0.4, -0.2) is 73.9 Å². The second kappa shape index (κ2) is 13.6. The van der Waals surface area contributed by atoms with E-state index in [9.17, 15) is 62.6 Å². The summed E-state index contributed by atoms with van der Waals surface area (Å²) in [5.41, 5.74) is -9.33. The normalized spacial score (nSPS) is 19.9. The van der Waals surface area contributed by atoms with Crippen LogP contribution < -0.4 is 0 Å². The number of halogens is 9. The van der Waals surface area contributed by atoms with Crippen molar-refractivity contribution < 1.29 is 67.4 Å². The number of rotatable bonds is 8. The van der Waals surface area contributed by atoms with Crippen molar-refractivity contribution in [1.29, 1.82) is 0 Å². The molecule has 2 aliphatic heterocycles. The van der Waals surface area contributed by atoms with Crippen LogP contribution in [0.3, 0.4) is 0 Å². The first-order valence-corrected chi connectivity index (χ1v) is 17.2. The first-order valence-electron chi connectivity index (χ1n) is 15.7. The lowest BCUT2D eigenvalue weighted by molar-refractivity contribution is -0.392. The Bertz CT molecular complexity index is 1890. The molecule has 0 aliphatic carbocycles. The van der Waals surface area contributed by atoms with E-state index in [1.165, 1.54) is 11.8 Å². The van der Waals surface area contributed by atoms with Gasteiger partial charge in [0.05, 0.1) is 16.9 Å². The van der Waals surface area contributed by atoms with Gasteiger partial charge >= 0.3 is 24.4 Å². The maximum absolute atomic E-state index is 14.5. The largest absolute Gasteiger partial charge is 0.481 e. The molecular formula is C34H31F9N2O6S. The highest BCUT2D eigenvalue weighted by atomic mass is 32.2. The Morgan fingerprint density at radius 2 is 1.31 bits per heavy atom. The number of aliphatic carboxylic acids is 1. The molecule has 2 saturated heterocycles. The molecule has 0 aromatic heterocycles. The van der Waals surface area contributed by atoms with Gasteiger partial charge in [-0.3, -0.25) is 4.79 Å². The molecule has 1 atom stereocenters. The third-order valence-electron chi connectivity index (χ3n) is 9.91. The number of hydrogen-bond donors (Lipinski definition) is 1. The minimum atomic E-state index is -6.26. The molecule has 282 valence electrons. The molecule has 0 radical (unpaired) electrons. The standard InChI is InChI=1S/C34H31F9N2O6S/c1-30(28(46)47)13-16-44(17-14-30)29(48)45-18-15-31(20-45,52(49,50)24-11-9-23(35)10-12-24)21-5-7-22(8-6-21)32(33(38,39)40,34(41,42)43)51-19-25-26(36)3-2-4-27(25)37/h2-12H,13-20H2,1H3,(H,46,47)/t31-/m0/s1. The summed E-state index contributed by atoms with van der Waals surface area (Å²) in [5, 5.41) is 9.54. The monoisotopic (exact) mass is 766 g/mol. The third-order valence-corrected chi connectivity index (χ3v) is 12.4. The van der Waals surface area contributed by atoms with E-state index in [2.05, 4.69) is 4.74 Å². The number of amides is 2. The zero-order valence-corrected chi connectivity index (χ0v) is 28.0. The van der Waals surface area contributed by atoms with Gasteiger partial charge in [0.15, 0.2) is 9.84 Å². The summed E-state index contributed by atoms with van der Waals surface area (Å²) in [6.45, 7) is -1.10. The molecule has 3 aromatic rings. The average Bonchev–Trinajstić information content (AvgIpc) is 3.53. The third kappa shape index (κ3) is 6.58. The highest BCUT2D eigenvalue weighted by molar-refractivity contribution is 7.92. The van der Waals surface area contributed by atoms with E-state index >= 15 is 0 Å². The number of ether oxygens (including phenoxy) is 1. The SMILES string of the molecule is CC1(C(=O)O)CCN(C(=O)N2CC[C@](c3ccc(C(OCc4c(F)cccc4F)(C(F)(F)F)C(F)(F)F)cc3)(S(=O)(=O)c3ccc(F)cc3)C2)CC1. The Morgan fingerprint density at radius 1 is 0.788 bits per heavy atom. The molecule has 5 rings (SSSR count). The molecule has 3 aromatic carbocycles. The van der Waals surface area contributed by atoms with Crippen LogP contribution in [0.15, 0.2) is 71.6 Å². The zero-order chi connectivity index (χ0) is 38.5. The Kier molecular flexibility index (Phi) is 10.2. The fourth-order valence-electron chi connectivity index (χ4n) is 6.59. The number of carboxylic acid groups (broad SMARTS) is 1. The number of nitrogens with zero attached hydrogens (tertiary/aromatic N) is 2. The van der Waals surface area contributed by atoms with E-state index in [4.69, 9.17) is 0 Å². The maximum atomic E-state index is 14.5. The van der Waals surface area contributed by atoms with Crippen molar-refractivity contribution in [2.45, 2.75) is 60.4 Å². The minimum Gasteiger partial charge on any atom is -0.481 e. The first-order chi connectivity index (χ1) is 24.1. The van der Waals surface area contributed by atoms with Gasteiger partial charge in [0.25, 0.3) is 5.60 Å². The highest BCUT2D eigenvalue weighted by Gasteiger charge is 2.73. The van der Waals surface area contributed by atoms with Gasteiger partial charge in [0.2, 0.25) is 0 Å². The Hall–Kier alpha value is -4.32. The van der Waals surface area contributed by atoms with Crippen LogP contribution in [0.25, 0.3) is 0 Å². The lowest BCUT2D eigenvalue weighted by Gasteiger charge is -2.39. The summed E-state index contributed by atoms with van der Waals surface area (Å²) in [4.78, 5) is 27.3. The predicted molar refractivity (Wildman–Crippen MR) is 165 cm³/mol. The van der Waals surface area contributed by atoms with Gasteiger partial charge in [-0.05, 0) is 68.1 Å². The number of carboxylic acids is 1. The molecule has 0 saturated carbocycles. The predicted octanol–water partition coefficient (Wildman–Crippen LogP) is 7.32. The molecule has 1 N–H and O–H groups in total.